The molecule has 0 aliphatic heterocycles. The fourth-order valence-electron chi connectivity index (χ4n) is 23.3. The molecule has 0 radical (unpaired) electrons. The van der Waals surface area contributed by atoms with Gasteiger partial charge in [0.25, 0.3) is 0 Å². The van der Waals surface area contributed by atoms with Gasteiger partial charge in [-0.2, -0.15) is 0 Å². The molecule has 0 spiro atoms. The van der Waals surface area contributed by atoms with Crippen molar-refractivity contribution in [1.29, 1.82) is 0 Å². The number of benzene rings is 24. The number of hydrogen-bond acceptors (Lipinski definition) is 0. The Hall–Kier alpha value is -19.9. The molecule has 0 bridgehead atoms. The van der Waals surface area contributed by atoms with Crippen LogP contribution in [0, 0.1) is 0 Å². The van der Waals surface area contributed by atoms with E-state index in [0.29, 0.717) is 0 Å². The average Bonchev–Trinajstić information content (AvgIpc) is 1.55. The molecule has 6 heteroatoms. The minimum absolute atomic E-state index is 1.14. The summed E-state index contributed by atoms with van der Waals surface area (Å²) in [6.07, 6.45) is 0. The fraction of sp³-hybridized carbons (Fsp3) is 0. The van der Waals surface area contributed by atoms with E-state index in [4.69, 9.17) is 0 Å². The molecule has 702 valence electrons. The molecule has 0 amide bonds. The molecule has 0 N–H and O–H groups in total. The van der Waals surface area contributed by atoms with Crippen molar-refractivity contribution in [2.75, 3.05) is 0 Å². The van der Waals surface area contributed by atoms with Gasteiger partial charge >= 0.3 is 0 Å². The largest absolute Gasteiger partial charge is 0.307 e. The fourth-order valence-corrected chi connectivity index (χ4v) is 23.3. The predicted octanol–water partition coefficient (Wildman–Crippen LogP) is 38.6. The van der Waals surface area contributed by atoms with Gasteiger partial charge in [-0.3, -0.25) is 0 Å². The maximum atomic E-state index is 2.50. The van der Waals surface area contributed by atoms with Crippen molar-refractivity contribution >= 4 is 131 Å². The summed E-state index contributed by atoms with van der Waals surface area (Å²) in [5, 5.41) is 15.0. The van der Waals surface area contributed by atoms with Crippen molar-refractivity contribution in [1.82, 2.24) is 27.4 Å². The van der Waals surface area contributed by atoms with Crippen molar-refractivity contribution in [2.45, 2.75) is 0 Å². The summed E-state index contributed by atoms with van der Waals surface area (Å²) in [5.41, 5.74) is 43.1. The molecular formula is C144H96N6. The van der Waals surface area contributed by atoms with Crippen LogP contribution in [0.1, 0.15) is 0 Å². The van der Waals surface area contributed by atoms with Crippen molar-refractivity contribution in [3.05, 3.63) is 582 Å². The van der Waals surface area contributed by atoms with E-state index >= 15 is 0 Å². The lowest BCUT2D eigenvalue weighted by atomic mass is 9.98. The van der Waals surface area contributed by atoms with Crippen LogP contribution in [0.15, 0.2) is 582 Å². The summed E-state index contributed by atoms with van der Waals surface area (Å²) in [7, 11) is 0. The molecule has 0 aliphatic rings. The molecule has 0 saturated heterocycles. The first kappa shape index (κ1) is 87.8. The Morgan fingerprint density at radius 1 is 0.0800 bits per heavy atom. The van der Waals surface area contributed by atoms with Crippen molar-refractivity contribution in [2.24, 2.45) is 0 Å². The summed E-state index contributed by atoms with van der Waals surface area (Å²) < 4.78 is 14.8. The SMILES string of the molecule is c1ccc(-c2ccc(-c3ccc(-n4c5ccccc5c5ccc6c7ccccc7n(-c7ccc(-c8ccccc8)cc7)c6c54)cc3)cc2)cc1.c1ccc(-c2ccc(-n3c4ccccc4c4ccc5c6ccccc6n(-c6cc(-c7ccccc7)cc(-c7ccccc7)c6)c5c43)cc2)cc1.c1ccc(-c2ccc(-n3c4ccccc4c4ccc5c6ccccc6n(-c6ccc(-c7cccc(-c8ccccc8)c7)cc6)c5c43)cc2)cc1. The second-order valence-electron chi connectivity index (χ2n) is 38.9. The van der Waals surface area contributed by atoms with Crippen molar-refractivity contribution < 1.29 is 0 Å². The second kappa shape index (κ2) is 37.4. The molecule has 24 aromatic carbocycles. The van der Waals surface area contributed by atoms with E-state index in [9.17, 15) is 0 Å². The lowest BCUT2D eigenvalue weighted by molar-refractivity contribution is 1.15. The highest BCUT2D eigenvalue weighted by molar-refractivity contribution is 6.27. The molecule has 6 heterocycles. The van der Waals surface area contributed by atoms with Gasteiger partial charge in [0.15, 0.2) is 0 Å². The quantitative estimate of drug-likeness (QED) is 0.0979. The van der Waals surface area contributed by atoms with Gasteiger partial charge < -0.3 is 27.4 Å². The van der Waals surface area contributed by atoms with Crippen LogP contribution in [0.2, 0.25) is 0 Å². The van der Waals surface area contributed by atoms with Crippen LogP contribution in [0.25, 0.3) is 265 Å². The molecule has 0 unspecified atom stereocenters. The molecule has 6 nitrogen and oxygen atoms in total. The Bertz CT molecular complexity index is 10300. The van der Waals surface area contributed by atoms with Crippen LogP contribution in [0.5, 0.6) is 0 Å². The molecule has 0 atom stereocenters. The molecule has 30 rings (SSSR count). The summed E-state index contributed by atoms with van der Waals surface area (Å²) in [4.78, 5) is 0. The number of para-hydroxylation sites is 6. The van der Waals surface area contributed by atoms with E-state index in [2.05, 4.69) is 610 Å². The zero-order chi connectivity index (χ0) is 99.1. The lowest BCUT2D eigenvalue weighted by Crippen LogP contribution is -1.99. The second-order valence-corrected chi connectivity index (χ2v) is 38.9. The van der Waals surface area contributed by atoms with Crippen LogP contribution in [-0.2, 0) is 0 Å². The third kappa shape index (κ3) is 15.4. The van der Waals surface area contributed by atoms with Crippen LogP contribution >= 0.6 is 0 Å². The summed E-state index contributed by atoms with van der Waals surface area (Å²) in [5.74, 6) is 0. The number of nitrogens with zero attached hydrogens (tertiary/aromatic N) is 6. The first-order chi connectivity index (χ1) is 74.4. The highest BCUT2D eigenvalue weighted by Gasteiger charge is 2.28. The Morgan fingerprint density at radius 2 is 0.220 bits per heavy atom. The predicted molar refractivity (Wildman–Crippen MR) is 634 cm³/mol. The number of aromatic nitrogens is 6. The topological polar surface area (TPSA) is 29.6 Å². The number of fused-ring (bicyclic) bond motifs is 21. The zero-order valence-corrected chi connectivity index (χ0v) is 82.1. The van der Waals surface area contributed by atoms with Crippen LogP contribution in [0.3, 0.4) is 0 Å². The Labute approximate surface area is 868 Å². The van der Waals surface area contributed by atoms with E-state index in [0.717, 1.165) is 34.1 Å². The molecule has 0 fully saturated rings. The standard InChI is InChI=1S/3C48H32N2/c1-4-14-33(15-5-1)36-24-26-39(27-25-36)49-45-22-12-10-20-41(45)43-28-29-44-42-21-11-13-23-46(42)50(48(44)47(43)49)40-31-37(34-16-6-2-7-17-34)30-38(32-40)35-18-8-3-9-19-35;1-3-12-33(13-4-1)35-22-26-39(27-23-35)49-45-20-9-7-18-41(45)43-30-31-44-42-19-8-10-21-46(42)50(48(44)47(43)49)40-28-24-36(25-29-40)38-17-11-16-37(32-38)34-14-5-2-6-15-34;1-3-11-33(12-4-1)35-19-21-36(22-20-35)38-25-29-40(30-26-38)50-46-18-10-8-16-42(46)44-32-31-43-41-15-7-9-17-45(41)49(47(43)48(44)50)39-27-23-37(24-28-39)34-13-5-2-6-14-34/h3*1-32H. The highest BCUT2D eigenvalue weighted by Crippen LogP contribution is 2.49. The van der Waals surface area contributed by atoms with Crippen LogP contribution in [0.4, 0.5) is 0 Å². The smallest absolute Gasteiger partial charge is 0.0788 e. The number of hydrogen-bond donors (Lipinski definition) is 0. The Morgan fingerprint density at radius 3 is 0.427 bits per heavy atom. The van der Waals surface area contributed by atoms with E-state index < -0.39 is 0 Å². The number of rotatable bonds is 15. The summed E-state index contributed by atoms with van der Waals surface area (Å²) >= 11 is 0. The molecule has 0 saturated carbocycles. The van der Waals surface area contributed by atoms with Gasteiger partial charge in [0.1, 0.15) is 0 Å². The maximum Gasteiger partial charge on any atom is 0.0788 e. The average molecular weight is 1910 g/mol. The van der Waals surface area contributed by atoms with Gasteiger partial charge in [0, 0.05) is 98.8 Å². The normalized spacial score (nSPS) is 11.6. The van der Waals surface area contributed by atoms with E-state index in [-0.39, 0.29) is 0 Å². The molecule has 30 aromatic rings. The zero-order valence-electron chi connectivity index (χ0n) is 82.1. The van der Waals surface area contributed by atoms with Gasteiger partial charge in [-0.25, -0.2) is 0 Å². The molecule has 150 heavy (non-hydrogen) atoms. The summed E-state index contributed by atoms with van der Waals surface area (Å²) in [6, 6.07) is 211. The van der Waals surface area contributed by atoms with Gasteiger partial charge in [0.2, 0.25) is 0 Å². The van der Waals surface area contributed by atoms with Crippen molar-refractivity contribution in [3.8, 4) is 134 Å². The van der Waals surface area contributed by atoms with Crippen LogP contribution < -0.4 is 0 Å². The first-order valence-corrected chi connectivity index (χ1v) is 51.6. The Kier molecular flexibility index (Phi) is 21.9. The summed E-state index contributed by atoms with van der Waals surface area (Å²) in [6.45, 7) is 0. The Balaban J connectivity index is 0.000000108. The van der Waals surface area contributed by atoms with Crippen molar-refractivity contribution in [3.63, 3.8) is 0 Å². The minimum atomic E-state index is 1.14. The third-order valence-electron chi connectivity index (χ3n) is 30.4. The van der Waals surface area contributed by atoms with Gasteiger partial charge in [-0.15, -0.1) is 0 Å². The monoisotopic (exact) mass is 1910 g/mol. The molecule has 6 aromatic heterocycles. The minimum Gasteiger partial charge on any atom is -0.307 e. The van der Waals surface area contributed by atoms with E-state index in [1.54, 1.807) is 0 Å². The van der Waals surface area contributed by atoms with E-state index in [1.807, 2.05) is 0 Å². The van der Waals surface area contributed by atoms with E-state index in [1.165, 1.54) is 231 Å². The maximum absolute atomic E-state index is 2.50. The molecule has 0 aliphatic carbocycles. The molecular weight excluding hydrogens is 1810 g/mol. The van der Waals surface area contributed by atoms with Crippen LogP contribution in [-0.4, -0.2) is 27.4 Å². The van der Waals surface area contributed by atoms with Gasteiger partial charge in [0.05, 0.1) is 66.2 Å². The first-order valence-electron chi connectivity index (χ1n) is 51.6. The van der Waals surface area contributed by atoms with Gasteiger partial charge in [-0.05, 0) is 221 Å². The lowest BCUT2D eigenvalue weighted by Gasteiger charge is -2.16. The third-order valence-corrected chi connectivity index (χ3v) is 30.4. The highest BCUT2D eigenvalue weighted by atomic mass is 15.1. The van der Waals surface area contributed by atoms with Gasteiger partial charge in [-0.1, -0.05) is 461 Å².